The predicted octanol–water partition coefficient (Wildman–Crippen LogP) is 8.91. The van der Waals surface area contributed by atoms with Gasteiger partial charge >= 0.3 is 0 Å². The van der Waals surface area contributed by atoms with Gasteiger partial charge in [-0.05, 0) is 47.9 Å². The monoisotopic (exact) mass is 487 g/mol. The highest BCUT2D eigenvalue weighted by Gasteiger charge is 2.46. The van der Waals surface area contributed by atoms with Gasteiger partial charge in [-0.25, -0.2) is 0 Å². The van der Waals surface area contributed by atoms with Crippen molar-refractivity contribution < 1.29 is 4.58 Å². The smallest absolute Gasteiger partial charge is 0.245 e. The molecule has 4 aromatic rings. The number of likely N-dealkylation sites (tertiary alicyclic amines) is 1. The summed E-state index contributed by atoms with van der Waals surface area (Å²) < 4.78 is 2.75. The first-order valence-corrected chi connectivity index (χ1v) is 13.4. The minimum atomic E-state index is 0. The second-order valence-electron chi connectivity index (χ2n) is 10.2. The second-order valence-corrected chi connectivity index (χ2v) is 10.2. The van der Waals surface area contributed by atoms with Crippen molar-refractivity contribution in [3.8, 4) is 0 Å². The fraction of sp³-hybridized carbons (Fsp3) is 0.286. The van der Waals surface area contributed by atoms with Crippen LogP contribution in [0.1, 0.15) is 86.5 Å². The van der Waals surface area contributed by atoms with Crippen LogP contribution < -0.4 is 0 Å². The van der Waals surface area contributed by atoms with Crippen molar-refractivity contribution in [2.24, 2.45) is 0 Å². The van der Waals surface area contributed by atoms with Crippen LogP contribution >= 0.6 is 0 Å². The first-order valence-electron chi connectivity index (χ1n) is 13.4. The van der Waals surface area contributed by atoms with Gasteiger partial charge in [0.25, 0.3) is 0 Å². The molecule has 0 aliphatic carbocycles. The summed E-state index contributed by atoms with van der Waals surface area (Å²) in [5.41, 5.74) is 5.67. The number of hydrogen-bond acceptors (Lipinski definition) is 0. The molecule has 6 rings (SSSR count). The van der Waals surface area contributed by atoms with Crippen LogP contribution in [0.4, 0.5) is 0 Å². The molecule has 0 saturated carbocycles. The average Bonchev–Trinajstić information content (AvgIpc) is 3.60. The topological polar surface area (TPSA) is 6.25 Å². The van der Waals surface area contributed by atoms with Crippen molar-refractivity contribution in [2.45, 2.75) is 64.2 Å². The van der Waals surface area contributed by atoms with Gasteiger partial charge in [0.05, 0.1) is 0 Å². The maximum absolute atomic E-state index is 2.75. The van der Waals surface area contributed by atoms with Crippen molar-refractivity contribution in [3.05, 3.63) is 144 Å². The molecule has 2 fully saturated rings. The Morgan fingerprint density at radius 1 is 0.514 bits per heavy atom. The molecule has 37 heavy (non-hydrogen) atoms. The number of amidine groups is 1. The zero-order valence-electron chi connectivity index (χ0n) is 21.1. The van der Waals surface area contributed by atoms with E-state index in [1.54, 1.807) is 0 Å². The highest BCUT2D eigenvalue weighted by Crippen LogP contribution is 2.47. The van der Waals surface area contributed by atoms with Gasteiger partial charge in [-0.3, -0.25) is 9.48 Å². The normalized spacial score (nSPS) is 23.1. The lowest BCUT2D eigenvalue weighted by molar-refractivity contribution is -0.595. The van der Waals surface area contributed by atoms with E-state index in [9.17, 15) is 0 Å². The van der Waals surface area contributed by atoms with Crippen LogP contribution in [-0.2, 0) is 0 Å². The van der Waals surface area contributed by atoms with Crippen molar-refractivity contribution in [1.29, 1.82) is 0 Å². The molecule has 2 aliphatic heterocycles. The van der Waals surface area contributed by atoms with Crippen LogP contribution in [0, 0.1) is 0 Å². The molecule has 0 aromatic heterocycles. The molecule has 2 saturated heterocycles. The molecule has 2 heteroatoms. The van der Waals surface area contributed by atoms with Crippen LogP contribution in [0.3, 0.4) is 0 Å². The molecular formula is C35H39N2+. The molecule has 2 aliphatic rings. The Balaban J connectivity index is 0.00000280. The summed E-state index contributed by atoms with van der Waals surface area (Å²) in [4.78, 5) is 2.75. The van der Waals surface area contributed by atoms with Crippen molar-refractivity contribution in [2.75, 3.05) is 0 Å². The molecule has 0 bridgehead atoms. The largest absolute Gasteiger partial charge is 0.252 e. The number of rotatable bonds is 4. The van der Waals surface area contributed by atoms with E-state index < -0.39 is 0 Å². The molecule has 4 aromatic carbocycles. The molecule has 0 amide bonds. The summed E-state index contributed by atoms with van der Waals surface area (Å²) in [6.45, 7) is 2.38. The minimum absolute atomic E-state index is 0. The Morgan fingerprint density at radius 2 is 0.838 bits per heavy atom. The molecule has 4 atom stereocenters. The summed E-state index contributed by atoms with van der Waals surface area (Å²) in [6, 6.07) is 46.0. The molecule has 0 radical (unpaired) electrons. The van der Waals surface area contributed by atoms with Gasteiger partial charge in [0, 0.05) is 6.92 Å². The third kappa shape index (κ3) is 4.85. The third-order valence-corrected chi connectivity index (χ3v) is 8.25. The molecular weight excluding hydrogens is 448 g/mol. The average molecular weight is 488 g/mol. The molecule has 188 valence electrons. The van der Waals surface area contributed by atoms with Gasteiger partial charge in [0.15, 0.2) is 0 Å². The van der Waals surface area contributed by atoms with E-state index >= 15 is 0 Å². The highest BCUT2D eigenvalue weighted by molar-refractivity contribution is 5.77. The first-order chi connectivity index (χ1) is 17.8. The molecule has 4 unspecified atom stereocenters. The van der Waals surface area contributed by atoms with E-state index in [1.807, 2.05) is 0 Å². The van der Waals surface area contributed by atoms with Gasteiger partial charge in [0.2, 0.25) is 5.84 Å². The van der Waals surface area contributed by atoms with E-state index in [-0.39, 0.29) is 7.43 Å². The van der Waals surface area contributed by atoms with E-state index in [1.165, 1.54) is 53.8 Å². The summed E-state index contributed by atoms with van der Waals surface area (Å²) in [7, 11) is 0. The Labute approximate surface area is 222 Å². The van der Waals surface area contributed by atoms with E-state index in [2.05, 4.69) is 138 Å². The maximum atomic E-state index is 2.75. The van der Waals surface area contributed by atoms with Crippen LogP contribution in [-0.4, -0.2) is 15.3 Å². The fourth-order valence-corrected chi connectivity index (χ4v) is 6.67. The second kappa shape index (κ2) is 11.2. The fourth-order valence-electron chi connectivity index (χ4n) is 6.67. The predicted molar refractivity (Wildman–Crippen MR) is 155 cm³/mol. The Hall–Kier alpha value is -3.65. The minimum Gasteiger partial charge on any atom is -0.252 e. The van der Waals surface area contributed by atoms with Crippen molar-refractivity contribution in [3.63, 3.8) is 0 Å². The van der Waals surface area contributed by atoms with E-state index in [0.717, 1.165) is 0 Å². The zero-order valence-corrected chi connectivity index (χ0v) is 21.1. The number of benzene rings is 4. The van der Waals surface area contributed by atoms with Gasteiger partial charge in [-0.2, -0.15) is 0 Å². The number of nitrogens with zero attached hydrogens (tertiary/aromatic N) is 2. The standard InChI is InChI=1S/C34H35N2.CH4/c1-26(35-31(27-14-6-2-7-15-27)22-23-32(35)28-16-8-3-9-17-28)36-33(29-18-10-4-11-19-29)24-25-34(36)30-20-12-5-13-21-30;/h2-21,31-34H,22-25H2,1H3;1H4/q+1;. The van der Waals surface area contributed by atoms with Crippen molar-refractivity contribution in [1.82, 2.24) is 4.90 Å². The third-order valence-electron chi connectivity index (χ3n) is 8.25. The number of hydrogen-bond donors (Lipinski definition) is 0. The van der Waals surface area contributed by atoms with E-state index in [4.69, 9.17) is 0 Å². The van der Waals surface area contributed by atoms with Crippen molar-refractivity contribution >= 4 is 5.84 Å². The lowest BCUT2D eigenvalue weighted by atomic mass is 10.0. The first kappa shape index (κ1) is 25.0. The summed E-state index contributed by atoms with van der Waals surface area (Å²) in [5, 5.41) is 0. The molecule has 0 spiro atoms. The lowest BCUT2D eigenvalue weighted by Gasteiger charge is -2.30. The lowest BCUT2D eigenvalue weighted by Crippen LogP contribution is -2.38. The SMILES string of the molecule is C.CC(N1C(c2ccccc2)CCC1c1ccccc1)=[N+]1C(c2ccccc2)CCC1c1ccccc1. The quantitative estimate of drug-likeness (QED) is 0.206. The van der Waals surface area contributed by atoms with Gasteiger partial charge < -0.3 is 0 Å². The van der Waals surface area contributed by atoms with E-state index in [0.29, 0.717) is 24.2 Å². The Bertz CT molecular complexity index is 1200. The maximum Gasteiger partial charge on any atom is 0.245 e. The van der Waals surface area contributed by atoms with Gasteiger partial charge in [-0.15, -0.1) is 0 Å². The summed E-state index contributed by atoms with van der Waals surface area (Å²) >= 11 is 0. The van der Waals surface area contributed by atoms with Crippen LogP contribution in [0.15, 0.2) is 121 Å². The summed E-state index contributed by atoms with van der Waals surface area (Å²) in [6.07, 6.45) is 4.67. The molecule has 2 heterocycles. The Morgan fingerprint density at radius 3 is 1.19 bits per heavy atom. The van der Waals surface area contributed by atoms with Gasteiger partial charge in [-0.1, -0.05) is 129 Å². The Kier molecular flexibility index (Phi) is 7.55. The van der Waals surface area contributed by atoms with Crippen LogP contribution in [0.25, 0.3) is 0 Å². The van der Waals surface area contributed by atoms with Crippen LogP contribution in [0.5, 0.6) is 0 Å². The zero-order chi connectivity index (χ0) is 24.3. The molecule has 0 N–H and O–H groups in total. The molecule has 2 nitrogen and oxygen atoms in total. The van der Waals surface area contributed by atoms with Crippen LogP contribution in [0.2, 0.25) is 0 Å². The van der Waals surface area contributed by atoms with Gasteiger partial charge in [0.1, 0.15) is 24.2 Å². The highest BCUT2D eigenvalue weighted by atomic mass is 15.3. The summed E-state index contributed by atoms with van der Waals surface area (Å²) in [5.74, 6) is 1.40.